The number of rotatable bonds is 6. The average Bonchev–Trinajstić information content (AvgIpc) is 3.01. The highest BCUT2D eigenvalue weighted by molar-refractivity contribution is 8.13. The van der Waals surface area contributed by atoms with E-state index in [1.54, 1.807) is 18.9 Å². The van der Waals surface area contributed by atoms with E-state index < -0.39 is 0 Å². The normalized spacial score (nSPS) is 16.4. The van der Waals surface area contributed by atoms with Crippen LogP contribution in [0.2, 0.25) is 0 Å². The number of anilines is 3. The molecule has 4 aromatic rings. The number of fused-ring (bicyclic) bond motifs is 2. The molecule has 2 aliphatic rings. The van der Waals surface area contributed by atoms with Gasteiger partial charge in [0.25, 0.3) is 5.91 Å². The number of nitrogens with one attached hydrogen (secondary N) is 3. The Kier molecular flexibility index (Phi) is 7.83. The molecule has 0 saturated carbocycles. The number of aliphatic imine (C=N–C) groups is 1. The first-order chi connectivity index (χ1) is 20.5. The molecule has 0 radical (unpaired) electrons. The molecule has 0 aromatic heterocycles. The van der Waals surface area contributed by atoms with Crippen LogP contribution in [0.1, 0.15) is 24.9 Å². The van der Waals surface area contributed by atoms with Gasteiger partial charge < -0.3 is 25.6 Å². The topological polar surface area (TPSA) is 95.1 Å². The third-order valence-electron chi connectivity index (χ3n) is 7.37. The van der Waals surface area contributed by atoms with Crippen molar-refractivity contribution < 1.29 is 14.3 Å². The Bertz CT molecular complexity index is 1690. The third-order valence-corrected chi connectivity index (χ3v) is 8.45. The van der Waals surface area contributed by atoms with Gasteiger partial charge in [-0.05, 0) is 66.8 Å². The number of urea groups is 1. The van der Waals surface area contributed by atoms with Gasteiger partial charge in [-0.2, -0.15) is 0 Å². The number of amides is 3. The zero-order valence-electron chi connectivity index (χ0n) is 23.4. The maximum atomic E-state index is 13.7. The van der Waals surface area contributed by atoms with Crippen LogP contribution in [0.5, 0.6) is 5.75 Å². The van der Waals surface area contributed by atoms with Crippen molar-refractivity contribution in [3.8, 4) is 5.75 Å². The molecule has 212 valence electrons. The van der Waals surface area contributed by atoms with Crippen LogP contribution < -0.4 is 20.7 Å². The van der Waals surface area contributed by atoms with Crippen LogP contribution in [0.25, 0.3) is 10.8 Å². The SMILES string of the molecule is COc1ccc(NC(=O)C2=C(C)N=C3SCCCN3C2c2ccc(NC(=O)Nc3cccc4ccccc34)cc2)cc1. The van der Waals surface area contributed by atoms with Gasteiger partial charge in [0.1, 0.15) is 5.75 Å². The third kappa shape index (κ3) is 5.69. The Balaban J connectivity index is 1.23. The number of nitrogens with zero attached hydrogens (tertiary/aromatic N) is 2. The number of methoxy groups -OCH3 is 1. The molecule has 1 saturated heterocycles. The lowest BCUT2D eigenvalue weighted by Crippen LogP contribution is -2.43. The van der Waals surface area contributed by atoms with Crippen LogP contribution in [-0.4, -0.2) is 41.4 Å². The van der Waals surface area contributed by atoms with E-state index in [2.05, 4.69) is 20.9 Å². The summed E-state index contributed by atoms with van der Waals surface area (Å²) < 4.78 is 5.24. The molecule has 42 heavy (non-hydrogen) atoms. The molecular formula is C33H31N5O3S. The molecule has 1 atom stereocenters. The number of hydrogen-bond donors (Lipinski definition) is 3. The molecule has 0 spiro atoms. The van der Waals surface area contributed by atoms with Crippen molar-refractivity contribution in [2.45, 2.75) is 19.4 Å². The van der Waals surface area contributed by atoms with Gasteiger partial charge in [-0.25, -0.2) is 9.79 Å². The molecular weight excluding hydrogens is 546 g/mol. The van der Waals surface area contributed by atoms with Crippen LogP contribution in [0.4, 0.5) is 21.9 Å². The maximum absolute atomic E-state index is 13.7. The van der Waals surface area contributed by atoms with Crippen LogP contribution in [0.3, 0.4) is 0 Å². The predicted molar refractivity (Wildman–Crippen MR) is 171 cm³/mol. The fraction of sp³-hybridized carbons (Fsp3) is 0.182. The van der Waals surface area contributed by atoms with Crippen molar-refractivity contribution in [2.75, 3.05) is 35.4 Å². The number of amidine groups is 1. The molecule has 1 unspecified atom stereocenters. The molecule has 2 heterocycles. The van der Waals surface area contributed by atoms with Gasteiger partial charge in [0, 0.05) is 29.1 Å². The number of benzene rings is 4. The molecule has 2 aliphatic heterocycles. The van der Waals surface area contributed by atoms with Gasteiger partial charge in [0.2, 0.25) is 0 Å². The predicted octanol–water partition coefficient (Wildman–Crippen LogP) is 7.25. The summed E-state index contributed by atoms with van der Waals surface area (Å²) in [4.78, 5) is 33.6. The van der Waals surface area contributed by atoms with E-state index in [9.17, 15) is 9.59 Å². The smallest absolute Gasteiger partial charge is 0.323 e. The van der Waals surface area contributed by atoms with Crippen molar-refractivity contribution in [3.63, 3.8) is 0 Å². The molecule has 0 aliphatic carbocycles. The molecule has 9 heteroatoms. The summed E-state index contributed by atoms with van der Waals surface area (Å²) in [5, 5.41) is 11.9. The highest BCUT2D eigenvalue weighted by atomic mass is 32.2. The van der Waals surface area contributed by atoms with Crippen LogP contribution in [-0.2, 0) is 4.79 Å². The van der Waals surface area contributed by atoms with Crippen molar-refractivity contribution in [1.29, 1.82) is 0 Å². The van der Waals surface area contributed by atoms with E-state index in [-0.39, 0.29) is 18.0 Å². The van der Waals surface area contributed by atoms with E-state index in [4.69, 9.17) is 9.73 Å². The molecule has 4 aromatic carbocycles. The number of carbonyl (C=O) groups is 2. The maximum Gasteiger partial charge on any atom is 0.323 e. The zero-order valence-corrected chi connectivity index (χ0v) is 24.2. The fourth-order valence-electron chi connectivity index (χ4n) is 5.35. The number of hydrogen-bond acceptors (Lipinski definition) is 6. The van der Waals surface area contributed by atoms with E-state index in [0.29, 0.717) is 22.6 Å². The number of allylic oxidation sites excluding steroid dienone is 1. The Morgan fingerprint density at radius 3 is 2.38 bits per heavy atom. The van der Waals surface area contributed by atoms with Gasteiger partial charge in [-0.1, -0.05) is 60.3 Å². The monoisotopic (exact) mass is 577 g/mol. The van der Waals surface area contributed by atoms with Gasteiger partial charge in [0.15, 0.2) is 5.17 Å². The van der Waals surface area contributed by atoms with Crippen LogP contribution >= 0.6 is 11.8 Å². The lowest BCUT2D eigenvalue weighted by Gasteiger charge is -2.41. The van der Waals surface area contributed by atoms with Crippen molar-refractivity contribution >= 4 is 56.7 Å². The van der Waals surface area contributed by atoms with Crippen LogP contribution in [0, 0.1) is 0 Å². The summed E-state index contributed by atoms with van der Waals surface area (Å²) in [6.07, 6.45) is 1.00. The standard InChI is InChI=1S/C33H31N5O3S/c1-21-29(31(39)35-24-15-17-26(41-2)18-16-24)30(38-19-6-20-42-33(38)34-21)23-11-13-25(14-12-23)36-32(40)37-28-10-5-8-22-7-3-4-9-27(22)28/h3-5,7-18,30H,6,19-20H2,1-2H3,(H,35,39)(H2,36,37,40). The summed E-state index contributed by atoms with van der Waals surface area (Å²) in [6, 6.07) is 28.1. The van der Waals surface area contributed by atoms with Crippen molar-refractivity contribution in [2.24, 2.45) is 4.99 Å². The van der Waals surface area contributed by atoms with E-state index in [1.807, 2.05) is 97.9 Å². The van der Waals surface area contributed by atoms with Crippen molar-refractivity contribution in [1.82, 2.24) is 4.90 Å². The minimum atomic E-state index is -0.325. The van der Waals surface area contributed by atoms with E-state index in [0.717, 1.165) is 51.7 Å². The largest absolute Gasteiger partial charge is 0.497 e. The van der Waals surface area contributed by atoms with Gasteiger partial charge in [0.05, 0.1) is 30.1 Å². The zero-order chi connectivity index (χ0) is 29.1. The Labute approximate surface area is 248 Å². The number of carbonyl (C=O) groups excluding carboxylic acids is 2. The summed E-state index contributed by atoms with van der Waals surface area (Å²) in [5.74, 6) is 1.52. The lowest BCUT2D eigenvalue weighted by atomic mass is 9.93. The fourth-order valence-corrected chi connectivity index (χ4v) is 6.37. The second-order valence-electron chi connectivity index (χ2n) is 10.1. The average molecular weight is 578 g/mol. The second-order valence-corrected chi connectivity index (χ2v) is 11.2. The Morgan fingerprint density at radius 2 is 1.60 bits per heavy atom. The first-order valence-corrected chi connectivity index (χ1v) is 14.8. The van der Waals surface area contributed by atoms with Crippen molar-refractivity contribution in [3.05, 3.63) is 108 Å². The summed E-state index contributed by atoms with van der Waals surface area (Å²) in [7, 11) is 1.61. The lowest BCUT2D eigenvalue weighted by molar-refractivity contribution is -0.113. The molecule has 3 amide bonds. The summed E-state index contributed by atoms with van der Waals surface area (Å²) >= 11 is 1.72. The molecule has 6 rings (SSSR count). The van der Waals surface area contributed by atoms with Gasteiger partial charge >= 0.3 is 6.03 Å². The summed E-state index contributed by atoms with van der Waals surface area (Å²) in [6.45, 7) is 2.69. The minimum Gasteiger partial charge on any atom is -0.497 e. The highest BCUT2D eigenvalue weighted by Gasteiger charge is 2.37. The Morgan fingerprint density at radius 1 is 0.881 bits per heavy atom. The number of ether oxygens (including phenoxy) is 1. The molecule has 8 nitrogen and oxygen atoms in total. The summed E-state index contributed by atoms with van der Waals surface area (Å²) in [5.41, 5.74) is 4.32. The number of thioether (sulfide) groups is 1. The van der Waals surface area contributed by atoms with E-state index in [1.165, 1.54) is 0 Å². The molecule has 0 bridgehead atoms. The molecule has 1 fully saturated rings. The minimum absolute atomic E-state index is 0.197. The quantitative estimate of drug-likeness (QED) is 0.224. The van der Waals surface area contributed by atoms with Gasteiger partial charge in [-0.15, -0.1) is 0 Å². The van der Waals surface area contributed by atoms with Gasteiger partial charge in [-0.3, -0.25) is 4.79 Å². The van der Waals surface area contributed by atoms with E-state index >= 15 is 0 Å². The van der Waals surface area contributed by atoms with Crippen LogP contribution in [0.15, 0.2) is 107 Å². The first kappa shape index (κ1) is 27.4. The Hall–Kier alpha value is -4.76. The highest BCUT2D eigenvalue weighted by Crippen LogP contribution is 2.40. The first-order valence-electron chi connectivity index (χ1n) is 13.8. The molecule has 3 N–H and O–H groups in total. The second kappa shape index (κ2) is 12.0.